The molecule has 2 heterocycles. The zero-order valence-corrected chi connectivity index (χ0v) is 8.45. The van der Waals surface area contributed by atoms with Crippen molar-refractivity contribution in [2.75, 3.05) is 0 Å². The number of hydrogen-bond donors (Lipinski definition) is 0. The van der Waals surface area contributed by atoms with Crippen LogP contribution < -0.4 is 0 Å². The minimum atomic E-state index is 0.411. The van der Waals surface area contributed by atoms with E-state index in [2.05, 4.69) is 23.9 Å². The van der Waals surface area contributed by atoms with Gasteiger partial charge in [0.25, 0.3) is 0 Å². The second kappa shape index (κ2) is 3.30. The maximum atomic E-state index is 4.42. The molecule has 0 spiro atoms. The molecule has 0 amide bonds. The van der Waals surface area contributed by atoms with E-state index in [1.807, 2.05) is 22.3 Å². The molecule has 2 rings (SSSR count). The van der Waals surface area contributed by atoms with Gasteiger partial charge < -0.3 is 0 Å². The summed E-state index contributed by atoms with van der Waals surface area (Å²) in [5.74, 6) is 0. The van der Waals surface area contributed by atoms with Crippen LogP contribution in [0, 0.1) is 0 Å². The summed E-state index contributed by atoms with van der Waals surface area (Å²) in [5.41, 5.74) is 0.962. The number of thiazole rings is 1. The van der Waals surface area contributed by atoms with E-state index in [-0.39, 0.29) is 0 Å². The van der Waals surface area contributed by atoms with Crippen LogP contribution in [0.5, 0.6) is 0 Å². The molecule has 0 fully saturated rings. The fourth-order valence-corrected chi connectivity index (χ4v) is 1.69. The van der Waals surface area contributed by atoms with Crippen molar-refractivity contribution < 1.29 is 0 Å². The number of hydrogen-bond acceptors (Lipinski definition) is 3. The second-order valence-electron chi connectivity index (χ2n) is 3.11. The molecule has 0 bridgehead atoms. The van der Waals surface area contributed by atoms with Gasteiger partial charge in [0.15, 0.2) is 0 Å². The molecule has 0 saturated carbocycles. The highest BCUT2D eigenvalue weighted by atomic mass is 32.1. The first kappa shape index (κ1) is 8.44. The first-order valence-electron chi connectivity index (χ1n) is 4.22. The van der Waals surface area contributed by atoms with Crippen molar-refractivity contribution in [3.63, 3.8) is 0 Å². The van der Waals surface area contributed by atoms with E-state index in [4.69, 9.17) is 0 Å². The van der Waals surface area contributed by atoms with E-state index in [0.29, 0.717) is 6.04 Å². The third-order valence-electron chi connectivity index (χ3n) is 1.79. The molecule has 0 aliphatic heterocycles. The first-order valence-corrected chi connectivity index (χ1v) is 5.10. The Labute approximate surface area is 81.1 Å². The van der Waals surface area contributed by atoms with Crippen molar-refractivity contribution in [3.05, 3.63) is 23.8 Å². The van der Waals surface area contributed by atoms with E-state index >= 15 is 0 Å². The summed E-state index contributed by atoms with van der Waals surface area (Å²) in [4.78, 5) is 4.20. The molecule has 0 radical (unpaired) electrons. The van der Waals surface area contributed by atoms with Crippen molar-refractivity contribution in [1.82, 2.24) is 14.8 Å². The van der Waals surface area contributed by atoms with Gasteiger partial charge in [0.1, 0.15) is 10.7 Å². The Morgan fingerprint density at radius 3 is 2.85 bits per heavy atom. The van der Waals surface area contributed by atoms with Gasteiger partial charge in [-0.15, -0.1) is 11.3 Å². The molecule has 0 aromatic carbocycles. The Morgan fingerprint density at radius 1 is 1.46 bits per heavy atom. The maximum Gasteiger partial charge on any atom is 0.143 e. The standard InChI is InChI=1S/C9H11N3S/c1-7(2)12-5-3-8(11-12)9-10-4-6-13-9/h3-7H,1-2H3. The van der Waals surface area contributed by atoms with Crippen LogP contribution in [0.3, 0.4) is 0 Å². The summed E-state index contributed by atoms with van der Waals surface area (Å²) >= 11 is 1.61. The average Bonchev–Trinajstić information content (AvgIpc) is 2.75. The van der Waals surface area contributed by atoms with Gasteiger partial charge >= 0.3 is 0 Å². The number of nitrogens with zero attached hydrogens (tertiary/aromatic N) is 3. The van der Waals surface area contributed by atoms with Gasteiger partial charge in [-0.25, -0.2) is 4.98 Å². The van der Waals surface area contributed by atoms with Crippen LogP contribution in [0.1, 0.15) is 19.9 Å². The van der Waals surface area contributed by atoms with Crippen molar-refractivity contribution in [2.45, 2.75) is 19.9 Å². The second-order valence-corrected chi connectivity index (χ2v) is 4.01. The molecular weight excluding hydrogens is 182 g/mol. The quantitative estimate of drug-likeness (QED) is 0.734. The zero-order valence-electron chi connectivity index (χ0n) is 7.64. The largest absolute Gasteiger partial charge is 0.270 e. The molecule has 2 aromatic heterocycles. The van der Waals surface area contributed by atoms with E-state index < -0.39 is 0 Å². The molecule has 0 saturated heterocycles. The smallest absolute Gasteiger partial charge is 0.143 e. The molecule has 4 heteroatoms. The number of aromatic nitrogens is 3. The third-order valence-corrected chi connectivity index (χ3v) is 2.58. The molecule has 0 aliphatic rings. The topological polar surface area (TPSA) is 30.7 Å². The van der Waals surface area contributed by atoms with Gasteiger partial charge in [-0.05, 0) is 19.9 Å². The molecule has 0 atom stereocenters. The summed E-state index contributed by atoms with van der Waals surface area (Å²) in [6.45, 7) is 4.22. The summed E-state index contributed by atoms with van der Waals surface area (Å²) < 4.78 is 1.94. The molecule has 3 nitrogen and oxygen atoms in total. The van der Waals surface area contributed by atoms with Crippen molar-refractivity contribution in [1.29, 1.82) is 0 Å². The van der Waals surface area contributed by atoms with Crippen LogP contribution in [0.25, 0.3) is 10.7 Å². The predicted molar refractivity (Wildman–Crippen MR) is 53.7 cm³/mol. The van der Waals surface area contributed by atoms with Gasteiger partial charge in [0.2, 0.25) is 0 Å². The van der Waals surface area contributed by atoms with Crippen LogP contribution in [0.4, 0.5) is 0 Å². The Morgan fingerprint density at radius 2 is 2.31 bits per heavy atom. The highest BCUT2D eigenvalue weighted by Crippen LogP contribution is 2.19. The van der Waals surface area contributed by atoms with Crippen molar-refractivity contribution >= 4 is 11.3 Å². The molecule has 0 unspecified atom stereocenters. The Hall–Kier alpha value is -1.16. The Bertz CT molecular complexity index is 375. The lowest BCUT2D eigenvalue weighted by Crippen LogP contribution is -2.00. The summed E-state index contributed by atoms with van der Waals surface area (Å²) in [6, 6.07) is 2.41. The van der Waals surface area contributed by atoms with Gasteiger partial charge in [0.05, 0.1) is 0 Å². The Balaban J connectivity index is 2.33. The lowest BCUT2D eigenvalue weighted by molar-refractivity contribution is 0.534. The van der Waals surface area contributed by atoms with Gasteiger partial charge in [-0.3, -0.25) is 4.68 Å². The molecule has 2 aromatic rings. The fraction of sp³-hybridized carbons (Fsp3) is 0.333. The predicted octanol–water partition coefficient (Wildman–Crippen LogP) is 2.59. The molecule has 0 N–H and O–H groups in total. The van der Waals surface area contributed by atoms with Crippen LogP contribution >= 0.6 is 11.3 Å². The summed E-state index contributed by atoms with van der Waals surface area (Å²) in [5, 5.41) is 7.36. The van der Waals surface area contributed by atoms with Gasteiger partial charge in [-0.2, -0.15) is 5.10 Å². The van der Waals surface area contributed by atoms with Crippen LogP contribution in [-0.2, 0) is 0 Å². The highest BCUT2D eigenvalue weighted by Gasteiger charge is 2.05. The minimum absolute atomic E-state index is 0.411. The van der Waals surface area contributed by atoms with Crippen molar-refractivity contribution in [3.8, 4) is 10.7 Å². The maximum absolute atomic E-state index is 4.42. The number of rotatable bonds is 2. The van der Waals surface area contributed by atoms with Crippen LogP contribution in [0.15, 0.2) is 23.8 Å². The third kappa shape index (κ3) is 1.62. The monoisotopic (exact) mass is 193 g/mol. The van der Waals surface area contributed by atoms with Gasteiger partial charge in [0, 0.05) is 23.8 Å². The average molecular weight is 193 g/mol. The first-order chi connectivity index (χ1) is 6.27. The molecule has 0 aliphatic carbocycles. The summed E-state index contributed by atoms with van der Waals surface area (Å²) in [7, 11) is 0. The van der Waals surface area contributed by atoms with E-state index in [9.17, 15) is 0 Å². The SMILES string of the molecule is CC(C)n1ccc(-c2nccs2)n1. The fourth-order valence-electron chi connectivity index (χ4n) is 1.09. The summed E-state index contributed by atoms with van der Waals surface area (Å²) in [6.07, 6.45) is 3.79. The molecular formula is C9H11N3S. The van der Waals surface area contributed by atoms with Gasteiger partial charge in [-0.1, -0.05) is 0 Å². The molecule has 13 heavy (non-hydrogen) atoms. The van der Waals surface area contributed by atoms with Crippen molar-refractivity contribution in [2.24, 2.45) is 0 Å². The Kier molecular flexibility index (Phi) is 2.14. The highest BCUT2D eigenvalue weighted by molar-refractivity contribution is 7.13. The van der Waals surface area contributed by atoms with E-state index in [0.717, 1.165) is 10.7 Å². The zero-order chi connectivity index (χ0) is 9.26. The minimum Gasteiger partial charge on any atom is -0.270 e. The lowest BCUT2D eigenvalue weighted by Gasteiger charge is -2.02. The normalized spacial score (nSPS) is 11.0. The van der Waals surface area contributed by atoms with Crippen LogP contribution in [-0.4, -0.2) is 14.8 Å². The van der Waals surface area contributed by atoms with E-state index in [1.54, 1.807) is 17.5 Å². The lowest BCUT2D eigenvalue weighted by atomic mass is 10.4. The van der Waals surface area contributed by atoms with E-state index in [1.165, 1.54) is 0 Å². The van der Waals surface area contributed by atoms with Crippen LogP contribution in [0.2, 0.25) is 0 Å². The molecule has 68 valence electrons.